The summed E-state index contributed by atoms with van der Waals surface area (Å²) in [7, 11) is 0. The molecule has 0 radical (unpaired) electrons. The lowest BCUT2D eigenvalue weighted by atomic mass is 10.1. The van der Waals surface area contributed by atoms with Crippen molar-refractivity contribution in [3.05, 3.63) is 33.9 Å². The number of aromatic nitrogens is 3. The topological polar surface area (TPSA) is 108 Å². The molecule has 0 amide bonds. The smallest absolute Gasteiger partial charge is 0.308 e. The molecular weight excluding hydrogens is 292 g/mol. The minimum atomic E-state index is -1.23. The van der Waals surface area contributed by atoms with Gasteiger partial charge in [-0.15, -0.1) is 0 Å². The molecule has 0 saturated carbocycles. The number of hydrogen-bond donors (Lipinski definition) is 1. The van der Waals surface area contributed by atoms with Crippen molar-refractivity contribution in [3.63, 3.8) is 0 Å². The summed E-state index contributed by atoms with van der Waals surface area (Å²) in [5, 5.41) is 10.9. The van der Waals surface area contributed by atoms with Crippen LogP contribution in [-0.2, 0) is 0 Å². The van der Waals surface area contributed by atoms with Gasteiger partial charge in [0, 0.05) is 0 Å². The molecule has 0 aliphatic rings. The lowest BCUT2D eigenvalue weighted by Gasteiger charge is -2.05. The summed E-state index contributed by atoms with van der Waals surface area (Å²) in [5.41, 5.74) is 3.99. The number of benzene rings is 1. The maximum Gasteiger partial charge on any atom is 0.308 e. The van der Waals surface area contributed by atoms with Crippen LogP contribution in [0.25, 0.3) is 11.4 Å². The van der Waals surface area contributed by atoms with Crippen LogP contribution in [0.3, 0.4) is 0 Å². The van der Waals surface area contributed by atoms with Crippen LogP contribution in [0.5, 0.6) is 0 Å². The summed E-state index contributed by atoms with van der Waals surface area (Å²) in [6.45, 7) is 0. The number of nitro groups is 1. The van der Waals surface area contributed by atoms with Gasteiger partial charge in [-0.2, -0.15) is 14.4 Å². The lowest BCUT2D eigenvalue weighted by molar-refractivity contribution is -0.387. The van der Waals surface area contributed by atoms with Gasteiger partial charge in [-0.05, 0) is 12.3 Å². The van der Waals surface area contributed by atoms with Crippen LogP contribution in [0.1, 0.15) is 0 Å². The van der Waals surface area contributed by atoms with Crippen LogP contribution < -0.4 is 5.73 Å². The zero-order chi connectivity index (χ0) is 14.9. The van der Waals surface area contributed by atoms with Crippen LogP contribution >= 0.6 is 11.8 Å². The first-order valence-corrected chi connectivity index (χ1v) is 6.34. The van der Waals surface area contributed by atoms with Crippen LogP contribution in [0.15, 0.2) is 17.3 Å². The predicted octanol–water partition coefficient (Wildman–Crippen LogP) is 2.03. The molecule has 2 N–H and O–H groups in total. The van der Waals surface area contributed by atoms with Gasteiger partial charge in [-0.1, -0.05) is 11.8 Å². The molecule has 0 fully saturated rings. The largest absolute Gasteiger partial charge is 0.368 e. The highest BCUT2D eigenvalue weighted by Gasteiger charge is 2.23. The maximum absolute atomic E-state index is 14.0. The van der Waals surface area contributed by atoms with E-state index in [9.17, 15) is 18.9 Å². The number of thioether (sulfide) groups is 1. The molecule has 1 heterocycles. The van der Waals surface area contributed by atoms with E-state index in [0.717, 1.165) is 17.8 Å². The normalized spacial score (nSPS) is 10.6. The first-order chi connectivity index (χ1) is 9.42. The highest BCUT2D eigenvalue weighted by Crippen LogP contribution is 2.29. The molecular formula is C10H7F2N5O2S. The van der Waals surface area contributed by atoms with E-state index >= 15 is 0 Å². The predicted molar refractivity (Wildman–Crippen MR) is 68.0 cm³/mol. The lowest BCUT2D eigenvalue weighted by Crippen LogP contribution is -2.04. The minimum absolute atomic E-state index is 0.189. The summed E-state index contributed by atoms with van der Waals surface area (Å²) in [6.07, 6.45) is 1.66. The second-order valence-electron chi connectivity index (χ2n) is 3.55. The third-order valence-corrected chi connectivity index (χ3v) is 2.82. The molecule has 2 aromatic rings. The highest BCUT2D eigenvalue weighted by molar-refractivity contribution is 7.98. The molecule has 0 atom stereocenters. The Balaban J connectivity index is 2.69. The molecule has 104 valence electrons. The molecule has 20 heavy (non-hydrogen) atoms. The van der Waals surface area contributed by atoms with Crippen molar-refractivity contribution in [2.24, 2.45) is 0 Å². The van der Waals surface area contributed by atoms with Gasteiger partial charge in [-0.3, -0.25) is 10.1 Å². The van der Waals surface area contributed by atoms with Crippen LogP contribution in [0.2, 0.25) is 0 Å². The number of halogens is 2. The van der Waals surface area contributed by atoms with Crippen LogP contribution in [0.4, 0.5) is 20.4 Å². The Kier molecular flexibility index (Phi) is 3.74. The Morgan fingerprint density at radius 2 is 2.00 bits per heavy atom. The third kappa shape index (κ3) is 2.64. The number of hydrogen-bond acceptors (Lipinski definition) is 7. The van der Waals surface area contributed by atoms with Crippen molar-refractivity contribution in [1.82, 2.24) is 15.0 Å². The molecule has 10 heteroatoms. The summed E-state index contributed by atoms with van der Waals surface area (Å²) in [4.78, 5) is 20.9. The molecule has 0 unspecified atom stereocenters. The van der Waals surface area contributed by atoms with E-state index in [1.54, 1.807) is 6.26 Å². The van der Waals surface area contributed by atoms with Gasteiger partial charge in [-0.25, -0.2) is 9.37 Å². The second kappa shape index (κ2) is 5.33. The van der Waals surface area contributed by atoms with Crippen LogP contribution in [-0.4, -0.2) is 26.1 Å². The fourth-order valence-corrected chi connectivity index (χ4v) is 1.82. The number of nitro benzene ring substituents is 1. The van der Waals surface area contributed by atoms with E-state index in [4.69, 9.17) is 5.73 Å². The fraction of sp³-hybridized carbons (Fsp3) is 0.100. The van der Waals surface area contributed by atoms with Gasteiger partial charge in [0.15, 0.2) is 11.0 Å². The number of nitrogens with two attached hydrogens (primary N) is 1. The molecule has 0 bridgehead atoms. The molecule has 1 aromatic carbocycles. The van der Waals surface area contributed by atoms with E-state index in [2.05, 4.69) is 15.0 Å². The standard InChI is InChI=1S/C10H7F2N5O2S/c1-20-10-15-8(14-9(13)16-10)5-2-4(11)3-6(7(5)12)17(18)19/h2-3H,1H3,(H2,13,14,15,16). The van der Waals surface area contributed by atoms with Crippen molar-refractivity contribution in [3.8, 4) is 11.4 Å². The Morgan fingerprint density at radius 3 is 2.60 bits per heavy atom. The Hall–Kier alpha value is -2.36. The van der Waals surface area contributed by atoms with E-state index in [1.807, 2.05) is 0 Å². The molecule has 7 nitrogen and oxygen atoms in total. The summed E-state index contributed by atoms with van der Waals surface area (Å²) >= 11 is 1.12. The summed E-state index contributed by atoms with van der Waals surface area (Å²) in [5.74, 6) is -2.65. The molecule has 0 aliphatic carbocycles. The van der Waals surface area contributed by atoms with Gasteiger partial charge < -0.3 is 5.73 Å². The van der Waals surface area contributed by atoms with Crippen molar-refractivity contribution in [1.29, 1.82) is 0 Å². The molecule has 0 aliphatic heterocycles. The summed E-state index contributed by atoms with van der Waals surface area (Å²) in [6, 6.07) is 1.25. The van der Waals surface area contributed by atoms with Crippen molar-refractivity contribution in [2.75, 3.05) is 12.0 Å². The van der Waals surface area contributed by atoms with Gasteiger partial charge >= 0.3 is 5.69 Å². The summed E-state index contributed by atoms with van der Waals surface area (Å²) < 4.78 is 27.4. The second-order valence-corrected chi connectivity index (χ2v) is 4.32. The quantitative estimate of drug-likeness (QED) is 0.524. The Morgan fingerprint density at radius 1 is 1.30 bits per heavy atom. The van der Waals surface area contributed by atoms with Gasteiger partial charge in [0.05, 0.1) is 16.6 Å². The first-order valence-electron chi connectivity index (χ1n) is 5.11. The van der Waals surface area contributed by atoms with Crippen molar-refractivity contribution >= 4 is 23.4 Å². The SMILES string of the molecule is CSc1nc(N)nc(-c2cc(F)cc([N+](=O)[O-])c2F)n1. The fourth-order valence-electron chi connectivity index (χ4n) is 1.45. The average Bonchev–Trinajstić information content (AvgIpc) is 2.39. The Labute approximate surface area is 115 Å². The average molecular weight is 299 g/mol. The van der Waals surface area contributed by atoms with E-state index in [-0.39, 0.29) is 16.9 Å². The molecule has 1 aromatic heterocycles. The van der Waals surface area contributed by atoms with Gasteiger partial charge in [0.2, 0.25) is 11.8 Å². The maximum atomic E-state index is 14.0. The van der Waals surface area contributed by atoms with E-state index in [1.165, 1.54) is 0 Å². The third-order valence-electron chi connectivity index (χ3n) is 2.27. The zero-order valence-electron chi connectivity index (χ0n) is 10.0. The van der Waals surface area contributed by atoms with Crippen molar-refractivity contribution < 1.29 is 13.7 Å². The van der Waals surface area contributed by atoms with Crippen molar-refractivity contribution in [2.45, 2.75) is 5.16 Å². The first kappa shape index (κ1) is 14.1. The highest BCUT2D eigenvalue weighted by atomic mass is 32.2. The minimum Gasteiger partial charge on any atom is -0.368 e. The zero-order valence-corrected chi connectivity index (χ0v) is 10.8. The number of nitrogen functional groups attached to an aromatic ring is 1. The monoisotopic (exact) mass is 299 g/mol. The van der Waals surface area contributed by atoms with Crippen LogP contribution in [0, 0.1) is 21.7 Å². The van der Waals surface area contributed by atoms with E-state index in [0.29, 0.717) is 6.07 Å². The van der Waals surface area contributed by atoms with Gasteiger partial charge in [0.1, 0.15) is 5.82 Å². The number of nitrogens with zero attached hydrogens (tertiary/aromatic N) is 4. The van der Waals surface area contributed by atoms with Gasteiger partial charge in [0.25, 0.3) is 0 Å². The molecule has 2 rings (SSSR count). The number of anilines is 1. The molecule has 0 saturated heterocycles. The van der Waals surface area contributed by atoms with E-state index < -0.39 is 27.8 Å². The number of rotatable bonds is 3. The molecule has 0 spiro atoms. The Bertz CT molecular complexity index is 698.